The molecular weight excluding hydrogens is 372 g/mol. The van der Waals surface area contributed by atoms with Crippen molar-refractivity contribution < 1.29 is 23.9 Å². The lowest BCUT2D eigenvalue weighted by Gasteiger charge is -2.19. The lowest BCUT2D eigenvalue weighted by molar-refractivity contribution is -0.151. The van der Waals surface area contributed by atoms with Crippen molar-refractivity contribution in [3.05, 3.63) is 54.1 Å². The molecule has 7 heteroatoms. The number of benzene rings is 2. The number of carbonyl (C=O) groups is 3. The van der Waals surface area contributed by atoms with E-state index in [0.717, 1.165) is 5.56 Å². The number of rotatable bonds is 7. The van der Waals surface area contributed by atoms with E-state index in [1.165, 1.54) is 4.90 Å². The van der Waals surface area contributed by atoms with Crippen LogP contribution in [0.4, 0.5) is 11.4 Å². The number of esters is 1. The van der Waals surface area contributed by atoms with Crippen LogP contribution in [0.15, 0.2) is 48.5 Å². The van der Waals surface area contributed by atoms with Gasteiger partial charge >= 0.3 is 5.97 Å². The molecule has 1 aliphatic heterocycles. The monoisotopic (exact) mass is 396 g/mol. The van der Waals surface area contributed by atoms with Gasteiger partial charge in [-0.3, -0.25) is 14.4 Å². The second-order valence-corrected chi connectivity index (χ2v) is 6.83. The Labute approximate surface area is 169 Å². The van der Waals surface area contributed by atoms with Crippen LogP contribution in [0.2, 0.25) is 0 Å². The summed E-state index contributed by atoms with van der Waals surface area (Å²) >= 11 is 0. The molecule has 0 aliphatic carbocycles. The van der Waals surface area contributed by atoms with E-state index in [0.29, 0.717) is 23.7 Å². The highest BCUT2D eigenvalue weighted by Gasteiger charge is 2.37. The van der Waals surface area contributed by atoms with Crippen LogP contribution in [-0.2, 0) is 19.1 Å². The minimum Gasteiger partial charge on any atom is -0.492 e. The Bertz CT molecular complexity index is 894. The van der Waals surface area contributed by atoms with Crippen LogP contribution >= 0.6 is 0 Å². The average Bonchev–Trinajstić information content (AvgIpc) is 3.10. The third kappa shape index (κ3) is 5.13. The normalized spacial score (nSPS) is 15.9. The van der Waals surface area contributed by atoms with Gasteiger partial charge < -0.3 is 19.7 Å². The molecule has 1 saturated heterocycles. The van der Waals surface area contributed by atoms with Crippen molar-refractivity contribution in [2.75, 3.05) is 30.0 Å². The van der Waals surface area contributed by atoms with E-state index in [2.05, 4.69) is 5.32 Å². The van der Waals surface area contributed by atoms with Crippen LogP contribution in [0.5, 0.6) is 5.75 Å². The molecule has 0 spiro atoms. The molecule has 1 N–H and O–H groups in total. The summed E-state index contributed by atoms with van der Waals surface area (Å²) in [5, 5.41) is 2.67. The third-order valence-corrected chi connectivity index (χ3v) is 4.60. The maximum absolute atomic E-state index is 12.4. The molecule has 1 atom stereocenters. The van der Waals surface area contributed by atoms with E-state index in [1.54, 1.807) is 24.3 Å². The zero-order valence-corrected chi connectivity index (χ0v) is 16.5. The van der Waals surface area contributed by atoms with Gasteiger partial charge in [0.15, 0.2) is 6.61 Å². The maximum atomic E-state index is 12.4. The number of aryl methyl sites for hydroxylation is 1. The van der Waals surface area contributed by atoms with Crippen molar-refractivity contribution in [3.8, 4) is 5.75 Å². The predicted octanol–water partition coefficient (Wildman–Crippen LogP) is 2.93. The van der Waals surface area contributed by atoms with Gasteiger partial charge in [0.1, 0.15) is 5.75 Å². The highest BCUT2D eigenvalue weighted by molar-refractivity contribution is 6.01. The lowest BCUT2D eigenvalue weighted by Crippen LogP contribution is -2.28. The fourth-order valence-electron chi connectivity index (χ4n) is 3.14. The summed E-state index contributed by atoms with van der Waals surface area (Å²) in [6.45, 7) is 4.09. The Morgan fingerprint density at radius 1 is 1.14 bits per heavy atom. The number of hydrogen-bond donors (Lipinski definition) is 1. The molecular formula is C22H24N2O5. The quantitative estimate of drug-likeness (QED) is 0.728. The molecule has 1 aliphatic rings. The topological polar surface area (TPSA) is 84.9 Å². The van der Waals surface area contributed by atoms with E-state index in [9.17, 15) is 14.4 Å². The van der Waals surface area contributed by atoms with Gasteiger partial charge in [0.25, 0.3) is 5.91 Å². The molecule has 152 valence electrons. The maximum Gasteiger partial charge on any atom is 0.311 e. The van der Waals surface area contributed by atoms with Gasteiger partial charge in [-0.1, -0.05) is 29.8 Å². The summed E-state index contributed by atoms with van der Waals surface area (Å²) in [6.07, 6.45) is 0.0405. The van der Waals surface area contributed by atoms with Gasteiger partial charge in [0.05, 0.1) is 18.2 Å². The SMILES string of the molecule is CCOc1ccccc1N1C[C@@H](C(=O)OCC(=O)Nc2ccc(C)cc2)CC1=O. The number of ether oxygens (including phenoxy) is 2. The van der Waals surface area contributed by atoms with E-state index in [1.807, 2.05) is 38.1 Å². The summed E-state index contributed by atoms with van der Waals surface area (Å²) in [7, 11) is 0. The van der Waals surface area contributed by atoms with Crippen LogP contribution in [0.1, 0.15) is 18.9 Å². The fourth-order valence-corrected chi connectivity index (χ4v) is 3.14. The zero-order chi connectivity index (χ0) is 20.8. The molecule has 0 radical (unpaired) electrons. The standard InChI is InChI=1S/C22H24N2O5/c1-3-28-19-7-5-4-6-18(19)24-13-16(12-21(24)26)22(27)29-14-20(25)23-17-10-8-15(2)9-11-17/h4-11,16H,3,12-14H2,1-2H3,(H,23,25)/t16-/m0/s1. The van der Waals surface area contributed by atoms with Gasteiger partial charge in [-0.15, -0.1) is 0 Å². The predicted molar refractivity (Wildman–Crippen MR) is 109 cm³/mol. The van der Waals surface area contributed by atoms with Crippen molar-refractivity contribution in [2.45, 2.75) is 20.3 Å². The minimum absolute atomic E-state index is 0.0405. The molecule has 2 aromatic carbocycles. The second-order valence-electron chi connectivity index (χ2n) is 6.83. The van der Waals surface area contributed by atoms with Crippen molar-refractivity contribution in [1.29, 1.82) is 0 Å². The molecule has 3 rings (SSSR count). The van der Waals surface area contributed by atoms with Crippen LogP contribution < -0.4 is 15.0 Å². The molecule has 2 amide bonds. The van der Waals surface area contributed by atoms with Gasteiger partial charge in [0, 0.05) is 18.7 Å². The Kier molecular flexibility index (Phi) is 6.49. The van der Waals surface area contributed by atoms with Crippen LogP contribution in [0.25, 0.3) is 0 Å². The first-order valence-corrected chi connectivity index (χ1v) is 9.53. The van der Waals surface area contributed by atoms with E-state index in [4.69, 9.17) is 9.47 Å². The number of para-hydroxylation sites is 2. The summed E-state index contributed by atoms with van der Waals surface area (Å²) in [5.41, 5.74) is 2.34. The highest BCUT2D eigenvalue weighted by atomic mass is 16.5. The number of amides is 2. The Balaban J connectivity index is 1.55. The first-order valence-electron chi connectivity index (χ1n) is 9.53. The molecule has 1 heterocycles. The average molecular weight is 396 g/mol. The Hall–Kier alpha value is -3.35. The molecule has 0 saturated carbocycles. The smallest absolute Gasteiger partial charge is 0.311 e. The van der Waals surface area contributed by atoms with Crippen molar-refractivity contribution in [1.82, 2.24) is 0 Å². The molecule has 1 fully saturated rings. The first-order chi connectivity index (χ1) is 14.0. The molecule has 29 heavy (non-hydrogen) atoms. The third-order valence-electron chi connectivity index (χ3n) is 4.60. The van der Waals surface area contributed by atoms with E-state index >= 15 is 0 Å². The number of nitrogens with zero attached hydrogens (tertiary/aromatic N) is 1. The van der Waals surface area contributed by atoms with Crippen molar-refractivity contribution in [3.63, 3.8) is 0 Å². The first kappa shape index (κ1) is 20.4. The summed E-state index contributed by atoms with van der Waals surface area (Å²) < 4.78 is 10.7. The molecule has 2 aromatic rings. The number of carbonyl (C=O) groups excluding carboxylic acids is 3. The lowest BCUT2D eigenvalue weighted by atomic mass is 10.1. The van der Waals surface area contributed by atoms with Gasteiger partial charge in [-0.2, -0.15) is 0 Å². The fraction of sp³-hybridized carbons (Fsp3) is 0.318. The number of hydrogen-bond acceptors (Lipinski definition) is 5. The second kappa shape index (κ2) is 9.23. The summed E-state index contributed by atoms with van der Waals surface area (Å²) in [6, 6.07) is 14.5. The number of nitrogens with one attached hydrogen (secondary N) is 1. The van der Waals surface area contributed by atoms with Crippen molar-refractivity contribution >= 4 is 29.2 Å². The molecule has 0 unspecified atom stereocenters. The highest BCUT2D eigenvalue weighted by Crippen LogP contribution is 2.33. The van der Waals surface area contributed by atoms with Crippen LogP contribution in [0.3, 0.4) is 0 Å². The Morgan fingerprint density at radius 2 is 1.86 bits per heavy atom. The Morgan fingerprint density at radius 3 is 2.59 bits per heavy atom. The van der Waals surface area contributed by atoms with E-state index < -0.39 is 24.4 Å². The van der Waals surface area contributed by atoms with Crippen LogP contribution in [0, 0.1) is 12.8 Å². The van der Waals surface area contributed by atoms with E-state index in [-0.39, 0.29) is 18.9 Å². The molecule has 0 aromatic heterocycles. The van der Waals surface area contributed by atoms with Gasteiger partial charge in [-0.05, 0) is 38.1 Å². The zero-order valence-electron chi connectivity index (χ0n) is 16.5. The van der Waals surface area contributed by atoms with Gasteiger partial charge in [0.2, 0.25) is 5.91 Å². The molecule has 7 nitrogen and oxygen atoms in total. The van der Waals surface area contributed by atoms with Gasteiger partial charge in [-0.25, -0.2) is 0 Å². The summed E-state index contributed by atoms with van der Waals surface area (Å²) in [5.74, 6) is -1.19. The van der Waals surface area contributed by atoms with Crippen molar-refractivity contribution in [2.24, 2.45) is 5.92 Å². The molecule has 0 bridgehead atoms. The number of anilines is 2. The largest absolute Gasteiger partial charge is 0.492 e. The van der Waals surface area contributed by atoms with Crippen LogP contribution in [-0.4, -0.2) is 37.5 Å². The minimum atomic E-state index is -0.621. The summed E-state index contributed by atoms with van der Waals surface area (Å²) in [4.78, 5) is 38.3.